The zero-order valence-corrected chi connectivity index (χ0v) is 15.3. The van der Waals surface area contributed by atoms with Gasteiger partial charge in [-0.15, -0.1) is 0 Å². The minimum Gasteiger partial charge on any atom is -0.379 e. The minimum absolute atomic E-state index is 0.0363. The lowest BCUT2D eigenvalue weighted by atomic mass is 10.1. The third-order valence-corrected chi connectivity index (χ3v) is 6.46. The molecule has 0 aromatic heterocycles. The normalized spacial score (nSPS) is 21.8. The molecule has 2 aliphatic heterocycles. The summed E-state index contributed by atoms with van der Waals surface area (Å²) in [5.41, 5.74) is 0.766. The molecular weight excluding hydrogens is 358 g/mol. The first-order valence-corrected chi connectivity index (χ1v) is 10.3. The van der Waals surface area contributed by atoms with Crippen LogP contribution in [0.25, 0.3) is 0 Å². The van der Waals surface area contributed by atoms with Crippen LogP contribution >= 0.6 is 0 Å². The molecule has 0 radical (unpaired) electrons. The Morgan fingerprint density at radius 1 is 1.19 bits per heavy atom. The summed E-state index contributed by atoms with van der Waals surface area (Å²) < 4.78 is 31.0. The molecule has 2 fully saturated rings. The fourth-order valence-electron chi connectivity index (χ4n) is 3.14. The summed E-state index contributed by atoms with van der Waals surface area (Å²) in [4.78, 5) is 26.1. The van der Waals surface area contributed by atoms with Gasteiger partial charge in [0, 0.05) is 38.3 Å². The Bertz CT molecular complexity index is 747. The van der Waals surface area contributed by atoms with Crippen LogP contribution in [0, 0.1) is 5.92 Å². The molecule has 0 saturated carbocycles. The number of sulfonamides is 1. The fourth-order valence-corrected chi connectivity index (χ4v) is 4.47. The minimum atomic E-state index is -3.41. The van der Waals surface area contributed by atoms with Gasteiger partial charge in [-0.2, -0.15) is 4.31 Å². The van der Waals surface area contributed by atoms with Crippen molar-refractivity contribution in [1.82, 2.24) is 9.62 Å². The van der Waals surface area contributed by atoms with Gasteiger partial charge >= 0.3 is 0 Å². The van der Waals surface area contributed by atoms with Crippen molar-refractivity contribution in [3.8, 4) is 0 Å². The molecule has 0 aliphatic carbocycles. The summed E-state index contributed by atoms with van der Waals surface area (Å²) in [5.74, 6) is -0.998. The van der Waals surface area contributed by atoms with Crippen LogP contribution < -0.4 is 10.2 Å². The maximum atomic E-state index is 12.3. The SMILES string of the molecule is O=C(NCCS(=O)(=O)N1CCOCC1)C1CC(=O)N(c2ccccc2)C1. The topological polar surface area (TPSA) is 96.0 Å². The van der Waals surface area contributed by atoms with Gasteiger partial charge in [-0.1, -0.05) is 18.2 Å². The first kappa shape index (κ1) is 18.8. The summed E-state index contributed by atoms with van der Waals surface area (Å²) in [6, 6.07) is 9.20. The van der Waals surface area contributed by atoms with Gasteiger partial charge in [0.15, 0.2) is 0 Å². The zero-order valence-electron chi connectivity index (χ0n) is 14.5. The van der Waals surface area contributed by atoms with Crippen molar-refractivity contribution in [2.24, 2.45) is 5.92 Å². The number of nitrogens with one attached hydrogen (secondary N) is 1. The van der Waals surface area contributed by atoms with E-state index >= 15 is 0 Å². The van der Waals surface area contributed by atoms with Gasteiger partial charge in [0.1, 0.15) is 0 Å². The Morgan fingerprint density at radius 3 is 2.58 bits per heavy atom. The van der Waals surface area contributed by atoms with E-state index in [0.717, 1.165) is 5.69 Å². The smallest absolute Gasteiger partial charge is 0.227 e. The van der Waals surface area contributed by atoms with Crippen molar-refractivity contribution >= 4 is 27.5 Å². The van der Waals surface area contributed by atoms with E-state index in [9.17, 15) is 18.0 Å². The van der Waals surface area contributed by atoms with E-state index in [1.807, 2.05) is 30.3 Å². The van der Waals surface area contributed by atoms with Gasteiger partial charge < -0.3 is 15.0 Å². The van der Waals surface area contributed by atoms with Crippen molar-refractivity contribution in [3.05, 3.63) is 30.3 Å². The maximum Gasteiger partial charge on any atom is 0.227 e. The highest BCUT2D eigenvalue weighted by Crippen LogP contribution is 2.24. The van der Waals surface area contributed by atoms with E-state index in [-0.39, 0.29) is 30.5 Å². The van der Waals surface area contributed by atoms with Crippen LogP contribution in [0.4, 0.5) is 5.69 Å². The number of para-hydroxylation sites is 1. The molecule has 1 N–H and O–H groups in total. The summed E-state index contributed by atoms with van der Waals surface area (Å²) in [5, 5.41) is 2.66. The van der Waals surface area contributed by atoms with E-state index in [4.69, 9.17) is 4.74 Å². The van der Waals surface area contributed by atoms with Crippen molar-refractivity contribution < 1.29 is 22.7 Å². The second-order valence-corrected chi connectivity index (χ2v) is 8.45. The molecule has 8 nitrogen and oxygen atoms in total. The summed E-state index contributed by atoms with van der Waals surface area (Å²) in [7, 11) is -3.41. The zero-order chi connectivity index (χ0) is 18.6. The molecule has 0 bridgehead atoms. The number of ether oxygens (including phenoxy) is 1. The number of amides is 2. The first-order chi connectivity index (χ1) is 12.5. The third-order valence-electron chi connectivity index (χ3n) is 4.59. The lowest BCUT2D eigenvalue weighted by molar-refractivity contribution is -0.126. The van der Waals surface area contributed by atoms with Gasteiger partial charge in [0.2, 0.25) is 21.8 Å². The largest absolute Gasteiger partial charge is 0.379 e. The summed E-state index contributed by atoms with van der Waals surface area (Å²) in [6.45, 7) is 1.83. The highest BCUT2D eigenvalue weighted by atomic mass is 32.2. The highest BCUT2D eigenvalue weighted by Gasteiger charge is 2.35. The number of hydrogen-bond donors (Lipinski definition) is 1. The Balaban J connectivity index is 1.49. The number of benzene rings is 1. The monoisotopic (exact) mass is 381 g/mol. The molecule has 1 atom stereocenters. The third kappa shape index (κ3) is 4.40. The van der Waals surface area contributed by atoms with Crippen LogP contribution in [0.15, 0.2) is 30.3 Å². The predicted octanol–water partition coefficient (Wildman–Crippen LogP) is -0.182. The van der Waals surface area contributed by atoms with Crippen molar-refractivity contribution in [2.75, 3.05) is 50.0 Å². The molecule has 2 amide bonds. The van der Waals surface area contributed by atoms with Gasteiger partial charge in [-0.05, 0) is 12.1 Å². The van der Waals surface area contributed by atoms with Crippen LogP contribution in [0.3, 0.4) is 0 Å². The van der Waals surface area contributed by atoms with E-state index in [2.05, 4.69) is 5.32 Å². The standard InChI is InChI=1S/C17H23N3O5S/c21-16-12-14(13-20(16)15-4-2-1-3-5-15)17(22)18-6-11-26(23,24)19-7-9-25-10-8-19/h1-5,14H,6-13H2,(H,18,22). The van der Waals surface area contributed by atoms with Gasteiger partial charge in [-0.3, -0.25) is 9.59 Å². The van der Waals surface area contributed by atoms with E-state index < -0.39 is 15.9 Å². The molecule has 1 unspecified atom stereocenters. The molecule has 26 heavy (non-hydrogen) atoms. The number of rotatable bonds is 6. The van der Waals surface area contributed by atoms with Crippen LogP contribution in [0.5, 0.6) is 0 Å². The summed E-state index contributed by atoms with van der Waals surface area (Å²) in [6.07, 6.45) is 0.136. The Kier molecular flexibility index (Phi) is 5.90. The molecule has 142 valence electrons. The molecule has 3 rings (SSSR count). The van der Waals surface area contributed by atoms with Crippen LogP contribution in [0.2, 0.25) is 0 Å². The number of hydrogen-bond acceptors (Lipinski definition) is 5. The molecule has 1 aromatic carbocycles. The van der Waals surface area contributed by atoms with Gasteiger partial charge in [0.25, 0.3) is 0 Å². The molecule has 1 aromatic rings. The number of carbonyl (C=O) groups is 2. The average Bonchev–Trinajstić information content (AvgIpc) is 3.05. The predicted molar refractivity (Wildman–Crippen MR) is 96.1 cm³/mol. The van der Waals surface area contributed by atoms with E-state index in [1.54, 1.807) is 4.90 Å². The van der Waals surface area contributed by atoms with Crippen LogP contribution in [-0.2, 0) is 24.3 Å². The fraction of sp³-hybridized carbons (Fsp3) is 0.529. The lowest BCUT2D eigenvalue weighted by Crippen LogP contribution is -2.44. The van der Waals surface area contributed by atoms with Crippen molar-refractivity contribution in [1.29, 1.82) is 0 Å². The second kappa shape index (κ2) is 8.15. The Morgan fingerprint density at radius 2 is 1.88 bits per heavy atom. The number of carbonyl (C=O) groups excluding carboxylic acids is 2. The quantitative estimate of drug-likeness (QED) is 0.737. The second-order valence-electron chi connectivity index (χ2n) is 6.36. The molecule has 2 heterocycles. The number of nitrogens with zero attached hydrogens (tertiary/aromatic N) is 2. The van der Waals surface area contributed by atoms with Crippen LogP contribution in [-0.4, -0.2) is 69.7 Å². The Labute approximate surface area is 153 Å². The number of morpholine rings is 1. The van der Waals surface area contributed by atoms with Crippen molar-refractivity contribution in [3.63, 3.8) is 0 Å². The molecule has 0 spiro atoms. The molecule has 9 heteroatoms. The van der Waals surface area contributed by atoms with Gasteiger partial charge in [-0.25, -0.2) is 8.42 Å². The molecule has 2 aliphatic rings. The van der Waals surface area contributed by atoms with E-state index in [0.29, 0.717) is 32.8 Å². The number of anilines is 1. The highest BCUT2D eigenvalue weighted by molar-refractivity contribution is 7.89. The van der Waals surface area contributed by atoms with E-state index in [1.165, 1.54) is 4.31 Å². The summed E-state index contributed by atoms with van der Waals surface area (Å²) >= 11 is 0. The molecular formula is C17H23N3O5S. The van der Waals surface area contributed by atoms with Gasteiger partial charge in [0.05, 0.1) is 24.9 Å². The molecule has 2 saturated heterocycles. The lowest BCUT2D eigenvalue weighted by Gasteiger charge is -2.26. The first-order valence-electron chi connectivity index (χ1n) is 8.66. The maximum absolute atomic E-state index is 12.3. The van der Waals surface area contributed by atoms with Crippen molar-refractivity contribution in [2.45, 2.75) is 6.42 Å². The Hall–Kier alpha value is -1.97. The average molecular weight is 381 g/mol. The van der Waals surface area contributed by atoms with Crippen LogP contribution in [0.1, 0.15) is 6.42 Å².